The van der Waals surface area contributed by atoms with Gasteiger partial charge >= 0.3 is 24.3 Å². The van der Waals surface area contributed by atoms with E-state index < -0.39 is 92.5 Å². The topological polar surface area (TPSA) is 130 Å². The zero-order valence-corrected chi connectivity index (χ0v) is 30.5. The number of Topliss-reactive ketones (excluding diaryl/α,β-unsaturated/α-hetero) is 1. The second kappa shape index (κ2) is 13.4. The molecule has 0 amide bonds. The first-order valence-electron chi connectivity index (χ1n) is 17.7. The summed E-state index contributed by atoms with van der Waals surface area (Å²) < 4.78 is 91.4. The standard InChI is InChI=1S/C39H46F6O8/c1-21(2)22(3)15-32(48)53-30-20-29-33(5)11-10-28(52-31(47)8-7-24-16-26(38(40,41)42)18-27(17-24)39(43,44)45)19-25(33)9-12-36(29,50)37(51)14-13-35(49,23(4)46)34(30,37)6/h7-9,15-18,21,28-30,49-51H,10-14,19-20H2,1-6H3/b8-7+,22-15+/t28-,29?,30+,33-,34+,35+,36-,37+/m0/s1. The average Bonchev–Trinajstić information content (AvgIpc) is 3.28. The van der Waals surface area contributed by atoms with Gasteiger partial charge < -0.3 is 24.8 Å². The van der Waals surface area contributed by atoms with Gasteiger partial charge in [0.2, 0.25) is 0 Å². The summed E-state index contributed by atoms with van der Waals surface area (Å²) in [6.07, 6.45) is -7.04. The Kier molecular flexibility index (Phi) is 10.3. The van der Waals surface area contributed by atoms with E-state index in [9.17, 15) is 56.0 Å². The lowest BCUT2D eigenvalue weighted by molar-refractivity contribution is -0.314. The van der Waals surface area contributed by atoms with Gasteiger partial charge in [0.15, 0.2) is 5.78 Å². The van der Waals surface area contributed by atoms with Crippen molar-refractivity contribution in [1.82, 2.24) is 0 Å². The van der Waals surface area contributed by atoms with E-state index >= 15 is 0 Å². The molecule has 0 aliphatic heterocycles. The Morgan fingerprint density at radius 3 is 2.04 bits per heavy atom. The summed E-state index contributed by atoms with van der Waals surface area (Å²) in [5.74, 6) is -3.04. The van der Waals surface area contributed by atoms with Crippen LogP contribution in [0.3, 0.4) is 0 Å². The average molecular weight is 757 g/mol. The smallest absolute Gasteiger partial charge is 0.416 e. The second-order valence-corrected chi connectivity index (χ2v) is 16.0. The summed E-state index contributed by atoms with van der Waals surface area (Å²) in [5, 5.41) is 37.1. The Hall–Kier alpha value is -3.49. The third kappa shape index (κ3) is 6.66. The Labute approximate surface area is 303 Å². The summed E-state index contributed by atoms with van der Waals surface area (Å²) in [6.45, 7) is 10.1. The molecule has 3 N–H and O–H groups in total. The first kappa shape index (κ1) is 40.7. The molecule has 0 radical (unpaired) electrons. The number of benzene rings is 1. The van der Waals surface area contributed by atoms with E-state index in [0.29, 0.717) is 18.6 Å². The summed E-state index contributed by atoms with van der Waals surface area (Å²) in [6, 6.07) is 0.985. The Bertz CT molecular complexity index is 1730. The monoisotopic (exact) mass is 756 g/mol. The summed E-state index contributed by atoms with van der Waals surface area (Å²) in [4.78, 5) is 39.1. The predicted molar refractivity (Wildman–Crippen MR) is 179 cm³/mol. The van der Waals surface area contributed by atoms with Crippen LogP contribution in [0.15, 0.2) is 47.6 Å². The number of rotatable bonds is 7. The molecule has 3 fully saturated rings. The Balaban J connectivity index is 1.41. The molecule has 1 unspecified atom stereocenters. The zero-order valence-electron chi connectivity index (χ0n) is 30.5. The molecule has 0 heterocycles. The van der Waals surface area contributed by atoms with Gasteiger partial charge in [0, 0.05) is 24.5 Å². The molecule has 14 heteroatoms. The fourth-order valence-corrected chi connectivity index (χ4v) is 9.43. The molecule has 1 aromatic carbocycles. The second-order valence-electron chi connectivity index (χ2n) is 16.0. The number of halogens is 6. The third-order valence-corrected chi connectivity index (χ3v) is 13.0. The van der Waals surface area contributed by atoms with Crippen molar-refractivity contribution in [3.63, 3.8) is 0 Å². The fourth-order valence-electron chi connectivity index (χ4n) is 9.43. The highest BCUT2D eigenvalue weighted by Gasteiger charge is 2.81. The molecule has 4 aliphatic carbocycles. The molecule has 0 spiro atoms. The minimum Gasteiger partial charge on any atom is -0.459 e. The van der Waals surface area contributed by atoms with Crippen molar-refractivity contribution >= 4 is 23.8 Å². The lowest BCUT2D eigenvalue weighted by atomic mass is 9.42. The number of carbonyl (C=O) groups is 3. The number of allylic oxidation sites excluding steroid dienone is 1. The zero-order chi connectivity index (χ0) is 39.7. The van der Waals surface area contributed by atoms with Crippen molar-refractivity contribution in [1.29, 1.82) is 0 Å². The van der Waals surface area contributed by atoms with Gasteiger partial charge in [-0.15, -0.1) is 0 Å². The maximum absolute atomic E-state index is 13.3. The molecule has 1 aromatic rings. The van der Waals surface area contributed by atoms with Gasteiger partial charge in [0.05, 0.1) is 16.5 Å². The van der Waals surface area contributed by atoms with E-state index in [1.807, 2.05) is 20.8 Å². The van der Waals surface area contributed by atoms with Crippen molar-refractivity contribution in [2.75, 3.05) is 0 Å². The minimum absolute atomic E-state index is 0.00760. The van der Waals surface area contributed by atoms with Crippen molar-refractivity contribution in [3.05, 3.63) is 64.3 Å². The van der Waals surface area contributed by atoms with Crippen LogP contribution in [0.25, 0.3) is 6.08 Å². The number of esters is 2. The van der Waals surface area contributed by atoms with E-state index in [-0.39, 0.29) is 50.5 Å². The van der Waals surface area contributed by atoms with Gasteiger partial charge in [-0.25, -0.2) is 9.59 Å². The van der Waals surface area contributed by atoms with E-state index in [0.717, 1.165) is 23.3 Å². The van der Waals surface area contributed by atoms with Gasteiger partial charge in [-0.05, 0) is 100 Å². The van der Waals surface area contributed by atoms with Gasteiger partial charge in [0.25, 0.3) is 0 Å². The maximum atomic E-state index is 13.3. The van der Waals surface area contributed by atoms with Crippen LogP contribution in [0.4, 0.5) is 26.3 Å². The molecule has 0 bridgehead atoms. The van der Waals surface area contributed by atoms with Crippen LogP contribution in [-0.2, 0) is 36.2 Å². The predicted octanol–water partition coefficient (Wildman–Crippen LogP) is 7.29. The van der Waals surface area contributed by atoms with Crippen molar-refractivity contribution in [2.24, 2.45) is 22.7 Å². The van der Waals surface area contributed by atoms with Gasteiger partial charge in [-0.2, -0.15) is 26.3 Å². The largest absolute Gasteiger partial charge is 0.459 e. The molecule has 4 aliphatic rings. The van der Waals surface area contributed by atoms with Crippen LogP contribution in [-0.4, -0.2) is 62.1 Å². The number of hydrogen-bond donors (Lipinski definition) is 3. The molecule has 0 aromatic heterocycles. The molecule has 3 saturated carbocycles. The Morgan fingerprint density at radius 2 is 1.49 bits per heavy atom. The van der Waals surface area contributed by atoms with Gasteiger partial charge in [-0.3, -0.25) is 4.79 Å². The molecule has 5 rings (SSSR count). The number of carbonyl (C=O) groups excluding carboxylic acids is 3. The number of alkyl halides is 6. The van der Waals surface area contributed by atoms with Crippen molar-refractivity contribution in [3.8, 4) is 0 Å². The van der Waals surface area contributed by atoms with Crippen LogP contribution in [0, 0.1) is 22.7 Å². The van der Waals surface area contributed by atoms with Crippen LogP contribution >= 0.6 is 0 Å². The summed E-state index contributed by atoms with van der Waals surface area (Å²) in [5.41, 5.74) is -10.7. The highest BCUT2D eigenvalue weighted by Crippen LogP contribution is 2.71. The number of hydrogen-bond acceptors (Lipinski definition) is 8. The molecule has 0 saturated heterocycles. The summed E-state index contributed by atoms with van der Waals surface area (Å²) in [7, 11) is 0. The molecular weight excluding hydrogens is 710 g/mol. The SMILES string of the molecule is CC(=O)[C@]1(O)CC[C@@]2(O)[C@]1(C)[C@H](OC(=O)/C=C(\C)C(C)C)CC1[C@@]3(C)CC[C@H](OC(=O)/C=C/c4cc(C(F)(F)F)cc(C(F)(F)F)c4)CC3=CC[C@]12O. The number of aliphatic hydroxyl groups is 3. The van der Waals surface area contributed by atoms with E-state index in [2.05, 4.69) is 0 Å². The van der Waals surface area contributed by atoms with Crippen LogP contribution in [0.1, 0.15) is 103 Å². The molecule has 8 nitrogen and oxygen atoms in total. The van der Waals surface area contributed by atoms with Crippen molar-refractivity contribution in [2.45, 2.75) is 128 Å². The normalized spacial score (nSPS) is 36.0. The first-order chi connectivity index (χ1) is 24.2. The van der Waals surface area contributed by atoms with Crippen LogP contribution < -0.4 is 0 Å². The molecular formula is C39H46F6O8. The van der Waals surface area contributed by atoms with Crippen molar-refractivity contribution < 1.29 is 65.5 Å². The van der Waals surface area contributed by atoms with Crippen LogP contribution in [0.2, 0.25) is 0 Å². The Morgan fingerprint density at radius 1 is 0.887 bits per heavy atom. The number of ketones is 1. The first-order valence-corrected chi connectivity index (χ1v) is 17.7. The highest BCUT2D eigenvalue weighted by molar-refractivity contribution is 5.88. The van der Waals surface area contributed by atoms with E-state index in [1.54, 1.807) is 13.0 Å². The maximum Gasteiger partial charge on any atom is 0.416 e. The molecule has 292 valence electrons. The lowest BCUT2D eigenvalue weighted by Gasteiger charge is -2.67. The fraction of sp³-hybridized carbons (Fsp3) is 0.615. The third-order valence-electron chi connectivity index (χ3n) is 13.0. The number of ether oxygens (including phenoxy) is 2. The van der Waals surface area contributed by atoms with E-state index in [1.165, 1.54) is 19.9 Å². The lowest BCUT2D eigenvalue weighted by Crippen LogP contribution is -2.78. The quantitative estimate of drug-likeness (QED) is 0.115. The molecule has 53 heavy (non-hydrogen) atoms. The van der Waals surface area contributed by atoms with Gasteiger partial charge in [-0.1, -0.05) is 38.0 Å². The number of fused-ring (bicyclic) bond motifs is 5. The minimum atomic E-state index is -5.05. The summed E-state index contributed by atoms with van der Waals surface area (Å²) >= 11 is 0. The van der Waals surface area contributed by atoms with Gasteiger partial charge in [0.1, 0.15) is 29.0 Å². The molecule has 8 atom stereocenters. The van der Waals surface area contributed by atoms with E-state index in [4.69, 9.17) is 9.47 Å². The highest BCUT2D eigenvalue weighted by atomic mass is 19.4. The van der Waals surface area contributed by atoms with Crippen LogP contribution in [0.5, 0.6) is 0 Å².